The Hall–Kier alpha value is -2.50. The predicted molar refractivity (Wildman–Crippen MR) is 166 cm³/mol. The number of nitriles is 1. The average Bonchev–Trinajstić information content (AvgIpc) is 3.48. The number of nitrogens with one attached hydrogen (secondary N) is 1. The van der Waals surface area contributed by atoms with Gasteiger partial charge >= 0.3 is 0 Å². The molecule has 6 N–H and O–H groups in total. The third-order valence-electron chi connectivity index (χ3n) is 7.08. The zero-order valence-corrected chi connectivity index (χ0v) is 24.8. The van der Waals surface area contributed by atoms with E-state index in [0.717, 1.165) is 67.5 Å². The molecule has 0 aliphatic carbocycles. The van der Waals surface area contributed by atoms with Crippen molar-refractivity contribution >= 4 is 45.3 Å². The first-order valence-corrected chi connectivity index (χ1v) is 15.4. The van der Waals surface area contributed by atoms with Crippen molar-refractivity contribution in [3.05, 3.63) is 58.3 Å². The molecule has 220 valence electrons. The lowest BCUT2D eigenvalue weighted by Crippen LogP contribution is -2.38. The molecule has 41 heavy (non-hydrogen) atoms. The number of rotatable bonds is 8. The summed E-state index contributed by atoms with van der Waals surface area (Å²) in [6.07, 6.45) is -1.20. The number of hydrogen-bond donors (Lipinski definition) is 5. The Kier molecular flexibility index (Phi) is 12.0. The number of aliphatic hydroxyl groups is 3. The lowest BCUT2D eigenvalue weighted by atomic mass is 10.1. The van der Waals surface area contributed by atoms with E-state index in [-0.39, 0.29) is 13.0 Å². The Morgan fingerprint density at radius 1 is 1.12 bits per heavy atom. The molecule has 3 heterocycles. The molecule has 0 bridgehead atoms. The van der Waals surface area contributed by atoms with Gasteiger partial charge in [0.15, 0.2) is 6.29 Å². The molecule has 0 spiro atoms. The normalized spacial score (nSPS) is 21.9. The fraction of sp³-hybridized carbons (Fsp3) is 0.433. The van der Waals surface area contributed by atoms with E-state index in [9.17, 15) is 5.26 Å². The number of thiophene rings is 1. The molecule has 2 aliphatic heterocycles. The van der Waals surface area contributed by atoms with Crippen molar-refractivity contribution in [2.24, 2.45) is 5.14 Å². The standard InChI is InChI=1S/C24H26N4OS2.C6H12O4/c1-17(24(16-25)31-26)22-6-7-23(30-22)20-3-2-19-15-21(5-4-18(19)14-20)27-8-9-28-10-12-29-13-11-28;7-3-5-1-4(8)2-6(9)10-5/h2-7,14-15,27H,8-13,26H2,1H3;4-9H,1-3H2/b24-17+;. The fourth-order valence-corrected chi connectivity index (χ4v) is 6.19. The molecule has 1 aromatic heterocycles. The maximum atomic E-state index is 9.23. The minimum absolute atomic E-state index is 0.145. The molecule has 0 amide bonds. The minimum atomic E-state index is -0.916. The summed E-state index contributed by atoms with van der Waals surface area (Å²) in [4.78, 5) is 5.25. The van der Waals surface area contributed by atoms with Crippen LogP contribution in [0.15, 0.2) is 53.4 Å². The summed E-state index contributed by atoms with van der Waals surface area (Å²) in [5, 5.41) is 47.3. The first-order valence-electron chi connectivity index (χ1n) is 13.7. The molecule has 9 nitrogen and oxygen atoms in total. The van der Waals surface area contributed by atoms with Gasteiger partial charge in [-0.15, -0.1) is 11.3 Å². The summed E-state index contributed by atoms with van der Waals surface area (Å²) < 4.78 is 10.3. The highest BCUT2D eigenvalue weighted by Gasteiger charge is 2.26. The van der Waals surface area contributed by atoms with Crippen molar-refractivity contribution in [1.82, 2.24) is 4.90 Å². The number of morpholine rings is 1. The molecule has 3 unspecified atom stereocenters. The Labute approximate surface area is 249 Å². The van der Waals surface area contributed by atoms with Gasteiger partial charge in [-0.1, -0.05) is 18.2 Å². The van der Waals surface area contributed by atoms with Crippen LogP contribution in [0.4, 0.5) is 5.69 Å². The quantitative estimate of drug-likeness (QED) is 0.191. The second-order valence-corrected chi connectivity index (χ2v) is 11.8. The van der Waals surface area contributed by atoms with Crippen molar-refractivity contribution in [1.29, 1.82) is 5.26 Å². The van der Waals surface area contributed by atoms with E-state index < -0.39 is 18.5 Å². The van der Waals surface area contributed by atoms with Gasteiger partial charge in [0, 0.05) is 54.5 Å². The summed E-state index contributed by atoms with van der Waals surface area (Å²) in [5.41, 5.74) is 3.26. The third kappa shape index (κ3) is 8.99. The number of anilines is 1. The van der Waals surface area contributed by atoms with Crippen LogP contribution in [-0.4, -0.2) is 84.7 Å². The average molecular weight is 599 g/mol. The van der Waals surface area contributed by atoms with Gasteiger partial charge < -0.3 is 30.1 Å². The van der Waals surface area contributed by atoms with E-state index in [1.165, 1.54) is 21.2 Å². The number of nitrogens with zero attached hydrogens (tertiary/aromatic N) is 2. The summed E-state index contributed by atoms with van der Waals surface area (Å²) in [5.74, 6) is 0. The number of aliphatic hydroxyl groups excluding tert-OH is 3. The smallest absolute Gasteiger partial charge is 0.157 e. The van der Waals surface area contributed by atoms with Gasteiger partial charge in [-0.05, 0) is 71.1 Å². The topological polar surface area (TPSA) is 144 Å². The van der Waals surface area contributed by atoms with E-state index in [2.05, 4.69) is 64.8 Å². The van der Waals surface area contributed by atoms with Crippen LogP contribution in [0.3, 0.4) is 0 Å². The molecule has 5 rings (SSSR count). The van der Waals surface area contributed by atoms with Crippen LogP contribution in [0.1, 0.15) is 24.6 Å². The maximum Gasteiger partial charge on any atom is 0.157 e. The van der Waals surface area contributed by atoms with E-state index in [0.29, 0.717) is 11.3 Å². The van der Waals surface area contributed by atoms with E-state index in [1.807, 2.05) is 6.92 Å². The van der Waals surface area contributed by atoms with Gasteiger partial charge in [0.25, 0.3) is 0 Å². The van der Waals surface area contributed by atoms with Crippen molar-refractivity contribution in [2.45, 2.75) is 38.3 Å². The van der Waals surface area contributed by atoms with Gasteiger partial charge in [0.05, 0.1) is 32.0 Å². The monoisotopic (exact) mass is 598 g/mol. The number of nitrogens with two attached hydrogens (primary N) is 1. The van der Waals surface area contributed by atoms with Gasteiger partial charge in [-0.3, -0.25) is 10.0 Å². The zero-order valence-electron chi connectivity index (χ0n) is 23.2. The van der Waals surface area contributed by atoms with Crippen molar-refractivity contribution in [3.63, 3.8) is 0 Å². The van der Waals surface area contributed by atoms with Gasteiger partial charge in [-0.25, -0.2) is 0 Å². The lowest BCUT2D eigenvalue weighted by molar-refractivity contribution is -0.197. The van der Waals surface area contributed by atoms with Gasteiger partial charge in [0.2, 0.25) is 0 Å². The molecule has 3 atom stereocenters. The summed E-state index contributed by atoms with van der Waals surface area (Å²) in [6, 6.07) is 19.5. The van der Waals surface area contributed by atoms with Gasteiger partial charge in [0.1, 0.15) is 11.0 Å². The highest BCUT2D eigenvalue weighted by molar-refractivity contribution is 8.01. The summed E-state index contributed by atoms with van der Waals surface area (Å²) >= 11 is 2.69. The molecule has 2 fully saturated rings. The summed E-state index contributed by atoms with van der Waals surface area (Å²) in [6.45, 7) is 7.48. The van der Waals surface area contributed by atoms with E-state index >= 15 is 0 Å². The summed E-state index contributed by atoms with van der Waals surface area (Å²) in [7, 11) is 0. The van der Waals surface area contributed by atoms with Crippen molar-refractivity contribution in [2.75, 3.05) is 51.3 Å². The van der Waals surface area contributed by atoms with Crippen molar-refractivity contribution < 1.29 is 24.8 Å². The van der Waals surface area contributed by atoms with Crippen LogP contribution in [-0.2, 0) is 9.47 Å². The lowest BCUT2D eigenvalue weighted by Gasteiger charge is -2.28. The van der Waals surface area contributed by atoms with Crippen LogP contribution >= 0.6 is 23.3 Å². The maximum absolute atomic E-state index is 9.23. The van der Waals surface area contributed by atoms with Crippen LogP contribution in [0.2, 0.25) is 0 Å². The van der Waals surface area contributed by atoms with E-state index in [1.54, 1.807) is 11.3 Å². The molecule has 2 saturated heterocycles. The number of hydrogen-bond acceptors (Lipinski definition) is 11. The number of allylic oxidation sites excluding steroid dienone is 2. The SMILES string of the molecule is C/C(=C(/C#N)SN)c1ccc(-c2ccc3cc(NCCN4CCOCC4)ccc3c2)s1.OCC1CC(O)CC(O)O1. The first-order chi connectivity index (χ1) is 19.9. The molecular weight excluding hydrogens is 560 g/mol. The largest absolute Gasteiger partial charge is 0.394 e. The molecule has 3 aromatic rings. The Morgan fingerprint density at radius 3 is 2.59 bits per heavy atom. The van der Waals surface area contributed by atoms with Gasteiger partial charge in [-0.2, -0.15) is 5.26 Å². The number of fused-ring (bicyclic) bond motifs is 1. The van der Waals surface area contributed by atoms with Crippen LogP contribution in [0.5, 0.6) is 0 Å². The molecular formula is C30H38N4O5S2. The molecule has 2 aromatic carbocycles. The molecule has 0 saturated carbocycles. The molecule has 2 aliphatic rings. The van der Waals surface area contributed by atoms with Crippen molar-refractivity contribution in [3.8, 4) is 16.5 Å². The fourth-order valence-electron chi connectivity index (χ4n) is 4.78. The molecule has 0 radical (unpaired) electrons. The predicted octanol–water partition coefficient (Wildman–Crippen LogP) is 4.01. The Balaban J connectivity index is 0.000000328. The second-order valence-electron chi connectivity index (χ2n) is 10.0. The Bertz CT molecular complexity index is 1340. The highest BCUT2D eigenvalue weighted by Crippen LogP contribution is 2.35. The van der Waals surface area contributed by atoms with Crippen LogP contribution in [0, 0.1) is 11.3 Å². The zero-order chi connectivity index (χ0) is 29.2. The number of benzene rings is 2. The molecule has 11 heteroatoms. The minimum Gasteiger partial charge on any atom is -0.394 e. The first kappa shape index (κ1) is 31.4. The Morgan fingerprint density at radius 2 is 1.88 bits per heavy atom. The second kappa shape index (κ2) is 15.7. The van der Waals surface area contributed by atoms with Crippen LogP contribution in [0.25, 0.3) is 26.8 Å². The third-order valence-corrected chi connectivity index (χ3v) is 8.97. The highest BCUT2D eigenvalue weighted by atomic mass is 32.2. The van der Waals surface area contributed by atoms with Crippen LogP contribution < -0.4 is 10.5 Å². The van der Waals surface area contributed by atoms with E-state index in [4.69, 9.17) is 29.9 Å². The number of ether oxygens (including phenoxy) is 2.